The number of hydrazine groups is 1. The predicted molar refractivity (Wildman–Crippen MR) is 65.4 cm³/mol. The van der Waals surface area contributed by atoms with Crippen LogP contribution >= 0.6 is 0 Å². The second-order valence-corrected chi connectivity index (χ2v) is 3.92. The molecule has 2 nitrogen and oxygen atoms in total. The number of aryl methyl sites for hydroxylation is 1. The molecule has 0 aromatic heterocycles. The molecule has 15 heavy (non-hydrogen) atoms. The summed E-state index contributed by atoms with van der Waals surface area (Å²) < 4.78 is 0. The molecule has 1 aromatic carbocycles. The zero-order valence-electron chi connectivity index (χ0n) is 9.37. The zero-order chi connectivity index (χ0) is 11.1. The largest absolute Gasteiger partial charge is 0.271 e. The number of nitrogens with two attached hydrogens (primary N) is 1. The number of benzene rings is 1. The smallest absolute Gasteiger partial charge is 0.0253 e. The lowest BCUT2D eigenvalue weighted by molar-refractivity contribution is 0.495. The summed E-state index contributed by atoms with van der Waals surface area (Å²) in [7, 11) is 0. The highest BCUT2D eigenvalue weighted by Gasteiger charge is 2.06. The normalized spacial score (nSPS) is 12.4. The highest BCUT2D eigenvalue weighted by Crippen LogP contribution is 2.09. The summed E-state index contributed by atoms with van der Waals surface area (Å²) in [5.41, 5.74) is 5.49. The molecule has 0 spiro atoms. The Labute approximate surface area is 92.2 Å². The van der Waals surface area contributed by atoms with Crippen molar-refractivity contribution in [3.05, 3.63) is 48.0 Å². The van der Waals surface area contributed by atoms with Crippen molar-refractivity contribution >= 4 is 0 Å². The van der Waals surface area contributed by atoms with Gasteiger partial charge in [-0.3, -0.25) is 11.3 Å². The Kier molecular flexibility index (Phi) is 5.08. The van der Waals surface area contributed by atoms with Gasteiger partial charge in [0.15, 0.2) is 0 Å². The highest BCUT2D eigenvalue weighted by molar-refractivity contribution is 5.22. The second kappa shape index (κ2) is 6.38. The van der Waals surface area contributed by atoms with E-state index in [9.17, 15) is 0 Å². The Morgan fingerprint density at radius 3 is 2.93 bits per heavy atom. The number of hydrogen-bond donors (Lipinski definition) is 2. The van der Waals surface area contributed by atoms with E-state index in [1.807, 2.05) is 6.08 Å². The van der Waals surface area contributed by atoms with Crippen LogP contribution in [-0.4, -0.2) is 6.04 Å². The van der Waals surface area contributed by atoms with Crippen LogP contribution in [0.3, 0.4) is 0 Å². The number of hydrogen-bond acceptors (Lipinski definition) is 2. The molecule has 0 radical (unpaired) electrons. The van der Waals surface area contributed by atoms with Crippen molar-refractivity contribution in [2.45, 2.75) is 32.2 Å². The van der Waals surface area contributed by atoms with Crippen molar-refractivity contribution in [1.29, 1.82) is 0 Å². The van der Waals surface area contributed by atoms with Crippen LogP contribution < -0.4 is 11.3 Å². The summed E-state index contributed by atoms with van der Waals surface area (Å²) in [6, 6.07) is 8.89. The molecule has 2 heteroatoms. The van der Waals surface area contributed by atoms with Gasteiger partial charge in [-0.25, -0.2) is 0 Å². The van der Waals surface area contributed by atoms with E-state index in [1.165, 1.54) is 11.1 Å². The molecule has 1 unspecified atom stereocenters. The lowest BCUT2D eigenvalue weighted by Gasteiger charge is -2.15. The summed E-state index contributed by atoms with van der Waals surface area (Å²) in [5, 5.41) is 0. The molecule has 0 saturated heterocycles. The molecule has 1 atom stereocenters. The van der Waals surface area contributed by atoms with Gasteiger partial charge in [-0.05, 0) is 31.7 Å². The van der Waals surface area contributed by atoms with Gasteiger partial charge in [0.1, 0.15) is 0 Å². The van der Waals surface area contributed by atoms with E-state index in [1.54, 1.807) is 0 Å². The van der Waals surface area contributed by atoms with Crippen LogP contribution in [0, 0.1) is 6.92 Å². The highest BCUT2D eigenvalue weighted by atomic mass is 15.2. The van der Waals surface area contributed by atoms with E-state index in [0.717, 1.165) is 19.3 Å². The third-order valence-electron chi connectivity index (χ3n) is 2.52. The molecule has 0 aliphatic carbocycles. The minimum Gasteiger partial charge on any atom is -0.271 e. The average Bonchev–Trinajstić information content (AvgIpc) is 2.24. The van der Waals surface area contributed by atoms with Gasteiger partial charge < -0.3 is 0 Å². The van der Waals surface area contributed by atoms with Gasteiger partial charge in [0.05, 0.1) is 0 Å². The molecule has 1 aromatic rings. The summed E-state index contributed by atoms with van der Waals surface area (Å²) in [6.45, 7) is 5.83. The summed E-state index contributed by atoms with van der Waals surface area (Å²) in [4.78, 5) is 0. The molecule has 3 N–H and O–H groups in total. The van der Waals surface area contributed by atoms with Crippen molar-refractivity contribution < 1.29 is 0 Å². The first-order chi connectivity index (χ1) is 7.26. The van der Waals surface area contributed by atoms with Crippen LogP contribution in [0.5, 0.6) is 0 Å². The molecule has 0 saturated carbocycles. The van der Waals surface area contributed by atoms with Gasteiger partial charge in [0, 0.05) is 6.04 Å². The SMILES string of the molecule is C=CCCC(Cc1cccc(C)c1)NN. The van der Waals surface area contributed by atoms with Crippen LogP contribution in [-0.2, 0) is 6.42 Å². The molecule has 0 bridgehead atoms. The van der Waals surface area contributed by atoms with Gasteiger partial charge in [0.2, 0.25) is 0 Å². The van der Waals surface area contributed by atoms with Crippen molar-refractivity contribution in [1.82, 2.24) is 5.43 Å². The molecule has 1 rings (SSSR count). The van der Waals surface area contributed by atoms with Gasteiger partial charge in [-0.15, -0.1) is 6.58 Å². The Bertz CT molecular complexity index is 307. The Balaban J connectivity index is 2.54. The van der Waals surface area contributed by atoms with Crippen molar-refractivity contribution in [3.63, 3.8) is 0 Å². The van der Waals surface area contributed by atoms with Crippen LogP contribution in [0.25, 0.3) is 0 Å². The summed E-state index contributed by atoms with van der Waals surface area (Å²) in [6.07, 6.45) is 4.95. The summed E-state index contributed by atoms with van der Waals surface area (Å²) in [5.74, 6) is 5.52. The van der Waals surface area contributed by atoms with Crippen LogP contribution in [0.4, 0.5) is 0 Å². The number of rotatable bonds is 6. The maximum absolute atomic E-state index is 5.52. The first-order valence-corrected chi connectivity index (χ1v) is 5.39. The molecule has 0 aliphatic heterocycles. The fourth-order valence-electron chi connectivity index (χ4n) is 1.69. The van der Waals surface area contributed by atoms with Gasteiger partial charge in [-0.1, -0.05) is 35.9 Å². The van der Waals surface area contributed by atoms with Crippen molar-refractivity contribution in [3.8, 4) is 0 Å². The Morgan fingerprint density at radius 2 is 2.33 bits per heavy atom. The van der Waals surface area contributed by atoms with Crippen LogP contribution in [0.1, 0.15) is 24.0 Å². The van der Waals surface area contributed by atoms with E-state index < -0.39 is 0 Å². The lowest BCUT2D eigenvalue weighted by Crippen LogP contribution is -2.36. The van der Waals surface area contributed by atoms with Gasteiger partial charge >= 0.3 is 0 Å². The molecule has 0 amide bonds. The van der Waals surface area contributed by atoms with Crippen LogP contribution in [0.2, 0.25) is 0 Å². The van der Waals surface area contributed by atoms with Gasteiger partial charge in [0.25, 0.3) is 0 Å². The Morgan fingerprint density at radius 1 is 1.53 bits per heavy atom. The molecular weight excluding hydrogens is 184 g/mol. The average molecular weight is 204 g/mol. The summed E-state index contributed by atoms with van der Waals surface area (Å²) >= 11 is 0. The lowest BCUT2D eigenvalue weighted by atomic mass is 10.0. The van der Waals surface area contributed by atoms with E-state index >= 15 is 0 Å². The molecular formula is C13H20N2. The maximum Gasteiger partial charge on any atom is 0.0253 e. The molecule has 0 aliphatic rings. The van der Waals surface area contributed by atoms with Crippen molar-refractivity contribution in [2.75, 3.05) is 0 Å². The minimum absolute atomic E-state index is 0.338. The third kappa shape index (κ3) is 4.28. The van der Waals surface area contributed by atoms with E-state index in [4.69, 9.17) is 5.84 Å². The first kappa shape index (κ1) is 12.0. The zero-order valence-corrected chi connectivity index (χ0v) is 9.37. The predicted octanol–water partition coefficient (Wildman–Crippen LogP) is 2.34. The molecule has 82 valence electrons. The Hall–Kier alpha value is -1.12. The quantitative estimate of drug-likeness (QED) is 0.424. The fraction of sp³-hybridized carbons (Fsp3) is 0.385. The number of nitrogens with one attached hydrogen (secondary N) is 1. The number of allylic oxidation sites excluding steroid dienone is 1. The van der Waals surface area contributed by atoms with E-state index in [-0.39, 0.29) is 0 Å². The third-order valence-corrected chi connectivity index (χ3v) is 2.52. The van der Waals surface area contributed by atoms with E-state index in [2.05, 4.69) is 43.2 Å². The topological polar surface area (TPSA) is 38.0 Å². The molecule has 0 heterocycles. The fourth-order valence-corrected chi connectivity index (χ4v) is 1.69. The second-order valence-electron chi connectivity index (χ2n) is 3.92. The monoisotopic (exact) mass is 204 g/mol. The standard InChI is InChI=1S/C13H20N2/c1-3-4-8-13(15-14)10-12-7-5-6-11(2)9-12/h3,5-7,9,13,15H,1,4,8,10,14H2,2H3. The van der Waals surface area contributed by atoms with Gasteiger partial charge in [-0.2, -0.15) is 0 Å². The maximum atomic E-state index is 5.52. The van der Waals surface area contributed by atoms with E-state index in [0.29, 0.717) is 6.04 Å². The van der Waals surface area contributed by atoms with Crippen molar-refractivity contribution in [2.24, 2.45) is 5.84 Å². The van der Waals surface area contributed by atoms with Crippen LogP contribution in [0.15, 0.2) is 36.9 Å². The minimum atomic E-state index is 0.338. The molecule has 0 fully saturated rings. The first-order valence-electron chi connectivity index (χ1n) is 5.39.